The van der Waals surface area contributed by atoms with Gasteiger partial charge in [0.05, 0.1) is 0 Å². The van der Waals surface area contributed by atoms with Crippen molar-refractivity contribution < 1.29 is 9.84 Å². The third-order valence-corrected chi connectivity index (χ3v) is 2.86. The molecule has 0 heterocycles. The van der Waals surface area contributed by atoms with Crippen LogP contribution in [-0.2, 0) is 0 Å². The lowest BCUT2D eigenvalue weighted by atomic mass is 10.0. The normalized spacial score (nSPS) is 13.5. The molecule has 0 saturated carbocycles. The lowest BCUT2D eigenvalue weighted by molar-refractivity contribution is 0.421. The van der Waals surface area contributed by atoms with Gasteiger partial charge in [0.15, 0.2) is 0 Å². The fourth-order valence-corrected chi connectivity index (χ4v) is 1.28. The van der Waals surface area contributed by atoms with Gasteiger partial charge in [-0.2, -0.15) is 0 Å². The van der Waals surface area contributed by atoms with Crippen LogP contribution in [0.5, 0.6) is 11.5 Å². The monoisotopic (exact) mass is 260 g/mol. The van der Waals surface area contributed by atoms with Crippen molar-refractivity contribution in [3.63, 3.8) is 0 Å². The maximum absolute atomic E-state index is 9.14. The van der Waals surface area contributed by atoms with Crippen LogP contribution in [0.25, 0.3) is 0 Å². The molecule has 0 aliphatic rings. The summed E-state index contributed by atoms with van der Waals surface area (Å²) >= 11 is 0. The highest BCUT2D eigenvalue weighted by atomic mass is 16.5. The molecule has 1 aromatic rings. The summed E-state index contributed by atoms with van der Waals surface area (Å²) in [6, 6.07) is 6.36. The molecular weight excluding hydrogens is 240 g/mol. The lowest BCUT2D eigenvalue weighted by Gasteiger charge is -2.06. The fraction of sp³-hybridized carbons (Fsp3) is 0.333. The van der Waals surface area contributed by atoms with Crippen LogP contribution in [0.3, 0.4) is 0 Å². The second-order valence-electron chi connectivity index (χ2n) is 4.31. The van der Waals surface area contributed by atoms with Gasteiger partial charge in [-0.3, -0.25) is 0 Å². The number of phenols is 1. The average Bonchev–Trinajstić information content (AvgIpc) is 2.40. The van der Waals surface area contributed by atoms with Crippen molar-refractivity contribution in [1.29, 1.82) is 0 Å². The predicted octanol–water partition coefficient (Wildman–Crippen LogP) is 3.78. The highest BCUT2D eigenvalue weighted by Gasteiger charge is 2.00. The van der Waals surface area contributed by atoms with Gasteiger partial charge < -0.3 is 9.84 Å². The van der Waals surface area contributed by atoms with Gasteiger partial charge >= 0.3 is 0 Å². The van der Waals surface area contributed by atoms with Crippen molar-refractivity contribution in [3.05, 3.63) is 36.7 Å². The molecule has 0 radical (unpaired) electrons. The predicted molar refractivity (Wildman–Crippen MR) is 78.9 cm³/mol. The molecule has 0 saturated heterocycles. The van der Waals surface area contributed by atoms with Gasteiger partial charge in [-0.1, -0.05) is 13.8 Å². The van der Waals surface area contributed by atoms with E-state index in [1.54, 1.807) is 12.1 Å². The van der Waals surface area contributed by atoms with Gasteiger partial charge in [0.1, 0.15) is 17.8 Å². The molecule has 0 amide bonds. The second-order valence-corrected chi connectivity index (χ2v) is 4.31. The number of aromatic hydroxyl groups is 1. The molecule has 0 aromatic heterocycles. The zero-order valence-electron chi connectivity index (χ0n) is 11.6. The van der Waals surface area contributed by atoms with Crippen LogP contribution in [0.1, 0.15) is 27.2 Å². The molecular formula is C15H20N2O2. The first-order valence-corrected chi connectivity index (χ1v) is 6.25. The molecule has 0 aliphatic heterocycles. The van der Waals surface area contributed by atoms with E-state index >= 15 is 0 Å². The number of hydrogen-bond acceptors (Lipinski definition) is 3. The Kier molecular flexibility index (Phi) is 5.79. The van der Waals surface area contributed by atoms with Crippen LogP contribution in [0, 0.1) is 5.92 Å². The largest absolute Gasteiger partial charge is 0.508 e. The van der Waals surface area contributed by atoms with Crippen molar-refractivity contribution >= 4 is 12.1 Å². The number of benzene rings is 1. The quantitative estimate of drug-likeness (QED) is 0.481. The van der Waals surface area contributed by atoms with Crippen molar-refractivity contribution in [2.75, 3.05) is 0 Å². The van der Waals surface area contributed by atoms with E-state index < -0.39 is 0 Å². The maximum atomic E-state index is 9.14. The smallest absolute Gasteiger partial charge is 0.213 e. The Morgan fingerprint density at radius 3 is 2.63 bits per heavy atom. The Morgan fingerprint density at radius 1 is 1.42 bits per heavy atom. The number of rotatable bonds is 6. The van der Waals surface area contributed by atoms with E-state index in [4.69, 9.17) is 9.84 Å². The highest BCUT2D eigenvalue weighted by molar-refractivity contribution is 5.90. The number of ether oxygens (including phenoxy) is 1. The molecule has 4 nitrogen and oxygen atoms in total. The molecule has 1 atom stereocenters. The summed E-state index contributed by atoms with van der Waals surface area (Å²) in [6.45, 7) is 9.90. The highest BCUT2D eigenvalue weighted by Crippen LogP contribution is 2.17. The molecule has 1 aromatic carbocycles. The molecule has 0 spiro atoms. The molecule has 102 valence electrons. The second kappa shape index (κ2) is 7.36. The van der Waals surface area contributed by atoms with Crippen molar-refractivity contribution in [2.24, 2.45) is 15.9 Å². The zero-order valence-corrected chi connectivity index (χ0v) is 11.6. The fourth-order valence-electron chi connectivity index (χ4n) is 1.28. The lowest BCUT2D eigenvalue weighted by Crippen LogP contribution is -2.05. The van der Waals surface area contributed by atoms with E-state index in [2.05, 4.69) is 30.4 Å². The van der Waals surface area contributed by atoms with E-state index in [9.17, 15) is 0 Å². The van der Waals surface area contributed by atoms with E-state index in [0.717, 1.165) is 12.1 Å². The first-order chi connectivity index (χ1) is 9.02. The van der Waals surface area contributed by atoms with E-state index in [0.29, 0.717) is 11.7 Å². The summed E-state index contributed by atoms with van der Waals surface area (Å²) in [5.74, 6) is 1.46. The van der Waals surface area contributed by atoms with E-state index in [1.807, 2.05) is 6.92 Å². The topological polar surface area (TPSA) is 54.2 Å². The van der Waals surface area contributed by atoms with Crippen LogP contribution in [0.15, 0.2) is 46.7 Å². The van der Waals surface area contributed by atoms with Crippen LogP contribution < -0.4 is 4.74 Å². The van der Waals surface area contributed by atoms with Gasteiger partial charge in [-0.15, -0.1) is 0 Å². The summed E-state index contributed by atoms with van der Waals surface area (Å²) in [4.78, 5) is 8.24. The van der Waals surface area contributed by atoms with Crippen LogP contribution >= 0.6 is 0 Å². The Bertz CT molecular complexity index is 475. The van der Waals surface area contributed by atoms with Crippen LogP contribution in [-0.4, -0.2) is 17.2 Å². The minimum atomic E-state index is 0.190. The van der Waals surface area contributed by atoms with Gasteiger partial charge in [0.2, 0.25) is 5.88 Å². The first-order valence-electron chi connectivity index (χ1n) is 6.25. The minimum Gasteiger partial charge on any atom is -0.508 e. The number of aliphatic imine (C=N–C) groups is 2. The number of phenolic OH excluding ortho intramolecular Hbond substituents is 1. The molecule has 0 bridgehead atoms. The summed E-state index contributed by atoms with van der Waals surface area (Å²) in [7, 11) is 0. The molecule has 1 rings (SSSR count). The summed E-state index contributed by atoms with van der Waals surface area (Å²) in [5.41, 5.74) is 1.03. The molecule has 19 heavy (non-hydrogen) atoms. The van der Waals surface area contributed by atoms with E-state index in [-0.39, 0.29) is 11.6 Å². The molecule has 0 aliphatic carbocycles. The average molecular weight is 260 g/mol. The van der Waals surface area contributed by atoms with E-state index in [1.165, 1.54) is 18.5 Å². The Morgan fingerprint density at radius 2 is 2.05 bits per heavy atom. The van der Waals surface area contributed by atoms with Crippen LogP contribution in [0.4, 0.5) is 0 Å². The van der Waals surface area contributed by atoms with Crippen LogP contribution in [0.2, 0.25) is 0 Å². The SMILES string of the molecule is C=C(/N=C\N=C(C)C(C)CC)Oc1ccc(O)cc1. The van der Waals surface area contributed by atoms with Gasteiger partial charge in [-0.25, -0.2) is 9.98 Å². The Hall–Kier alpha value is -2.10. The number of nitrogens with zero attached hydrogens (tertiary/aromatic N) is 2. The zero-order chi connectivity index (χ0) is 14.3. The van der Waals surface area contributed by atoms with Gasteiger partial charge in [0, 0.05) is 5.71 Å². The molecule has 1 unspecified atom stereocenters. The number of hydrogen-bond donors (Lipinski definition) is 1. The summed E-state index contributed by atoms with van der Waals surface area (Å²) < 4.78 is 5.37. The van der Waals surface area contributed by atoms with Crippen molar-refractivity contribution in [3.8, 4) is 11.5 Å². The van der Waals surface area contributed by atoms with Crippen molar-refractivity contribution in [1.82, 2.24) is 0 Å². The molecule has 0 fully saturated rings. The summed E-state index contributed by atoms with van der Waals surface area (Å²) in [6.07, 6.45) is 2.50. The summed E-state index contributed by atoms with van der Waals surface area (Å²) in [5, 5.41) is 9.14. The molecule has 4 heteroatoms. The van der Waals surface area contributed by atoms with Gasteiger partial charge in [-0.05, 0) is 50.1 Å². The standard InChI is InChI=1S/C15H20N2O2/c1-5-11(2)12(3)16-10-17-13(4)19-15-8-6-14(18)7-9-15/h6-11,18H,4-5H2,1-3H3/b16-12?,17-10-. The molecule has 1 N–H and O–H groups in total. The third kappa shape index (κ3) is 5.38. The maximum Gasteiger partial charge on any atom is 0.213 e. The van der Waals surface area contributed by atoms with Crippen molar-refractivity contribution in [2.45, 2.75) is 27.2 Å². The Labute approximate surface area is 114 Å². The Balaban J connectivity index is 2.53. The van der Waals surface area contributed by atoms with Gasteiger partial charge in [0.25, 0.3) is 0 Å². The first kappa shape index (κ1) is 15.0. The minimum absolute atomic E-state index is 0.190. The third-order valence-electron chi connectivity index (χ3n) is 2.86.